The van der Waals surface area contributed by atoms with Crippen LogP contribution < -0.4 is 5.32 Å². The number of nitrogens with zero attached hydrogens (tertiary/aromatic N) is 2. The van der Waals surface area contributed by atoms with Crippen molar-refractivity contribution in [3.05, 3.63) is 53.3 Å². The molecule has 0 saturated heterocycles. The van der Waals surface area contributed by atoms with Gasteiger partial charge < -0.3 is 10.4 Å². The topological polar surface area (TPSA) is 84.2 Å². The van der Waals surface area contributed by atoms with E-state index < -0.39 is 12.0 Å². The Balaban J connectivity index is 2.21. The van der Waals surface area contributed by atoms with Gasteiger partial charge in [0.15, 0.2) is 0 Å². The number of nitrogens with one attached hydrogen (secondary N) is 1. The van der Waals surface area contributed by atoms with Crippen LogP contribution in [0.3, 0.4) is 0 Å². The molecule has 2 aromatic rings. The summed E-state index contributed by atoms with van der Waals surface area (Å²) in [5.41, 5.74) is 2.33. The Bertz CT molecular complexity index is 727. The molecule has 1 aromatic carbocycles. The molecule has 2 rings (SSSR count). The number of rotatable bonds is 5. The Kier molecular flexibility index (Phi) is 5.07. The first-order valence-corrected chi connectivity index (χ1v) is 7.78. The van der Waals surface area contributed by atoms with E-state index in [1.165, 1.54) is 10.9 Å². The number of aryl methyl sites for hydroxylation is 1. The Labute approximate surface area is 141 Å². The molecule has 0 spiro atoms. The van der Waals surface area contributed by atoms with Crippen molar-refractivity contribution in [3.8, 4) is 0 Å². The molecule has 0 radical (unpaired) electrons. The zero-order valence-electron chi connectivity index (χ0n) is 14.4. The van der Waals surface area contributed by atoms with Crippen molar-refractivity contribution < 1.29 is 14.7 Å². The molecule has 1 aromatic heterocycles. The van der Waals surface area contributed by atoms with Gasteiger partial charge >= 0.3 is 5.97 Å². The molecule has 0 bridgehead atoms. The highest BCUT2D eigenvalue weighted by Crippen LogP contribution is 2.25. The van der Waals surface area contributed by atoms with Gasteiger partial charge in [-0.2, -0.15) is 5.10 Å². The molecule has 0 aliphatic rings. The number of carbonyl (C=O) groups excluding carboxylic acids is 1. The summed E-state index contributed by atoms with van der Waals surface area (Å²) in [6, 6.07) is 7.10. The van der Waals surface area contributed by atoms with Gasteiger partial charge in [-0.05, 0) is 16.5 Å². The molecule has 128 valence electrons. The lowest BCUT2D eigenvalue weighted by atomic mass is 9.86. The van der Waals surface area contributed by atoms with Gasteiger partial charge in [-0.15, -0.1) is 0 Å². The van der Waals surface area contributed by atoms with Crippen molar-refractivity contribution in [3.63, 3.8) is 0 Å². The third-order valence-corrected chi connectivity index (χ3v) is 3.83. The number of hydrogen-bond acceptors (Lipinski definition) is 3. The van der Waals surface area contributed by atoms with Crippen LogP contribution >= 0.6 is 0 Å². The first-order valence-electron chi connectivity index (χ1n) is 7.78. The van der Waals surface area contributed by atoms with Crippen molar-refractivity contribution in [1.29, 1.82) is 0 Å². The molecule has 1 amide bonds. The minimum absolute atomic E-state index is 0.0137. The fourth-order valence-electron chi connectivity index (χ4n) is 2.42. The van der Waals surface area contributed by atoms with E-state index in [9.17, 15) is 9.59 Å². The van der Waals surface area contributed by atoms with E-state index in [0.29, 0.717) is 5.56 Å². The van der Waals surface area contributed by atoms with E-state index in [1.807, 2.05) is 24.3 Å². The number of amides is 1. The lowest BCUT2D eigenvalue weighted by molar-refractivity contribution is -0.137. The highest BCUT2D eigenvalue weighted by atomic mass is 16.4. The van der Waals surface area contributed by atoms with Crippen LogP contribution in [0.15, 0.2) is 36.7 Å². The van der Waals surface area contributed by atoms with Crippen LogP contribution in [-0.4, -0.2) is 26.8 Å². The molecule has 6 nitrogen and oxygen atoms in total. The van der Waals surface area contributed by atoms with E-state index in [1.54, 1.807) is 13.2 Å². The lowest BCUT2D eigenvalue weighted by Crippen LogP contribution is -2.30. The van der Waals surface area contributed by atoms with Gasteiger partial charge in [-0.1, -0.05) is 45.0 Å². The second-order valence-corrected chi connectivity index (χ2v) is 6.90. The van der Waals surface area contributed by atoms with Crippen LogP contribution in [0.4, 0.5) is 0 Å². The second-order valence-electron chi connectivity index (χ2n) is 6.90. The van der Waals surface area contributed by atoms with E-state index in [4.69, 9.17) is 5.11 Å². The summed E-state index contributed by atoms with van der Waals surface area (Å²) in [5, 5.41) is 15.9. The van der Waals surface area contributed by atoms with Crippen molar-refractivity contribution in [2.75, 3.05) is 0 Å². The van der Waals surface area contributed by atoms with Gasteiger partial charge in [-0.25, -0.2) is 0 Å². The molecule has 1 heterocycles. The standard InChI is InChI=1S/C18H23N3O3/c1-18(2,3)14-7-5-12(6-8-14)15(9-16(22)23)20-17(24)13-10-19-21(4)11-13/h5-8,10-11,15H,9H2,1-4H3,(H,20,24)(H,22,23). The Morgan fingerprint density at radius 2 is 1.88 bits per heavy atom. The number of benzene rings is 1. The minimum atomic E-state index is -0.966. The number of aliphatic carboxylic acids is 1. The monoisotopic (exact) mass is 329 g/mol. The summed E-state index contributed by atoms with van der Waals surface area (Å²) >= 11 is 0. The zero-order valence-corrected chi connectivity index (χ0v) is 14.4. The van der Waals surface area contributed by atoms with E-state index >= 15 is 0 Å². The highest BCUT2D eigenvalue weighted by molar-refractivity contribution is 5.94. The lowest BCUT2D eigenvalue weighted by Gasteiger charge is -2.21. The highest BCUT2D eigenvalue weighted by Gasteiger charge is 2.21. The molecule has 24 heavy (non-hydrogen) atoms. The minimum Gasteiger partial charge on any atom is -0.481 e. The predicted molar refractivity (Wildman–Crippen MR) is 90.8 cm³/mol. The summed E-state index contributed by atoms with van der Waals surface area (Å²) in [4.78, 5) is 23.5. The number of carbonyl (C=O) groups is 2. The van der Waals surface area contributed by atoms with Crippen molar-refractivity contribution in [1.82, 2.24) is 15.1 Å². The van der Waals surface area contributed by atoms with E-state index in [0.717, 1.165) is 11.1 Å². The maximum atomic E-state index is 12.3. The predicted octanol–water partition coefficient (Wildman–Crippen LogP) is 2.66. The van der Waals surface area contributed by atoms with Gasteiger partial charge in [0.25, 0.3) is 5.91 Å². The molecule has 2 N–H and O–H groups in total. The average Bonchev–Trinajstić information content (AvgIpc) is 2.92. The first-order chi connectivity index (χ1) is 11.2. The number of aromatic nitrogens is 2. The van der Waals surface area contributed by atoms with Crippen LogP contribution in [0.5, 0.6) is 0 Å². The van der Waals surface area contributed by atoms with Crippen LogP contribution in [-0.2, 0) is 17.3 Å². The Hall–Kier alpha value is -2.63. The summed E-state index contributed by atoms with van der Waals surface area (Å²) < 4.78 is 1.53. The Morgan fingerprint density at radius 1 is 1.25 bits per heavy atom. The number of carboxylic acids is 1. The van der Waals surface area contributed by atoms with Gasteiger partial charge in [0.05, 0.1) is 24.2 Å². The van der Waals surface area contributed by atoms with Crippen LogP contribution in [0.25, 0.3) is 0 Å². The van der Waals surface area contributed by atoms with Crippen LogP contribution in [0, 0.1) is 0 Å². The zero-order chi connectivity index (χ0) is 17.9. The molecular weight excluding hydrogens is 306 g/mol. The van der Waals surface area contributed by atoms with E-state index in [-0.39, 0.29) is 17.7 Å². The molecule has 0 saturated carbocycles. The maximum absolute atomic E-state index is 12.3. The normalized spacial score (nSPS) is 12.7. The number of hydrogen-bond donors (Lipinski definition) is 2. The fraction of sp³-hybridized carbons (Fsp3) is 0.389. The maximum Gasteiger partial charge on any atom is 0.305 e. The largest absolute Gasteiger partial charge is 0.481 e. The smallest absolute Gasteiger partial charge is 0.305 e. The second kappa shape index (κ2) is 6.86. The first kappa shape index (κ1) is 17.7. The van der Waals surface area contributed by atoms with Crippen molar-refractivity contribution in [2.45, 2.75) is 38.6 Å². The quantitative estimate of drug-likeness (QED) is 0.883. The summed E-state index contributed by atoms with van der Waals surface area (Å²) in [5.74, 6) is -1.30. The SMILES string of the molecule is Cn1cc(C(=O)NC(CC(=O)O)c2ccc(C(C)(C)C)cc2)cn1. The molecule has 0 aliphatic heterocycles. The fourth-order valence-corrected chi connectivity index (χ4v) is 2.42. The van der Waals surface area contributed by atoms with Gasteiger partial charge in [0, 0.05) is 13.2 Å². The van der Waals surface area contributed by atoms with Crippen molar-refractivity contribution in [2.24, 2.45) is 7.05 Å². The molecule has 0 aliphatic carbocycles. The third kappa shape index (κ3) is 4.44. The molecule has 0 fully saturated rings. The summed E-state index contributed by atoms with van der Waals surface area (Å²) in [6.07, 6.45) is 2.87. The summed E-state index contributed by atoms with van der Waals surface area (Å²) in [6.45, 7) is 6.34. The molecular formula is C18H23N3O3. The molecule has 1 atom stereocenters. The third-order valence-electron chi connectivity index (χ3n) is 3.83. The van der Waals surface area contributed by atoms with Gasteiger partial charge in [-0.3, -0.25) is 14.3 Å². The Morgan fingerprint density at radius 3 is 2.33 bits per heavy atom. The van der Waals surface area contributed by atoms with Crippen LogP contribution in [0.1, 0.15) is 54.7 Å². The van der Waals surface area contributed by atoms with E-state index in [2.05, 4.69) is 31.2 Å². The average molecular weight is 329 g/mol. The van der Waals surface area contributed by atoms with Gasteiger partial charge in [0.2, 0.25) is 0 Å². The molecule has 1 unspecified atom stereocenters. The summed E-state index contributed by atoms with van der Waals surface area (Å²) in [7, 11) is 1.72. The van der Waals surface area contributed by atoms with Gasteiger partial charge in [0.1, 0.15) is 0 Å². The van der Waals surface area contributed by atoms with Crippen molar-refractivity contribution >= 4 is 11.9 Å². The molecule has 6 heteroatoms. The number of carboxylic acid groups (broad SMARTS) is 1. The van der Waals surface area contributed by atoms with Crippen LogP contribution in [0.2, 0.25) is 0 Å².